The highest BCUT2D eigenvalue weighted by Crippen LogP contribution is 2.35. The molecule has 114 valence electrons. The van der Waals surface area contributed by atoms with Gasteiger partial charge in [0.1, 0.15) is 11.4 Å². The summed E-state index contributed by atoms with van der Waals surface area (Å²) in [5.74, 6) is -0.782. The Bertz CT molecular complexity index is 543. The van der Waals surface area contributed by atoms with E-state index in [2.05, 4.69) is 10.6 Å². The summed E-state index contributed by atoms with van der Waals surface area (Å²) in [6.45, 7) is 0. The van der Waals surface area contributed by atoms with Gasteiger partial charge < -0.3 is 16.4 Å². The Kier molecular flexibility index (Phi) is 4.57. The van der Waals surface area contributed by atoms with Gasteiger partial charge in [-0.25, -0.2) is 4.39 Å². The number of halogens is 1. The summed E-state index contributed by atoms with van der Waals surface area (Å²) in [4.78, 5) is 23.6. The molecular weight excluding hydrogens is 273 g/mol. The lowest BCUT2D eigenvalue weighted by Crippen LogP contribution is -2.49. The van der Waals surface area contributed by atoms with Crippen LogP contribution in [0.1, 0.15) is 24.8 Å². The smallest absolute Gasteiger partial charge is 0.245 e. The quantitative estimate of drug-likeness (QED) is 0.713. The maximum atomic E-state index is 13.5. The Morgan fingerprint density at radius 2 is 2.05 bits per heavy atom. The summed E-state index contributed by atoms with van der Waals surface area (Å²) in [7, 11) is 1.54. The number of likely N-dealkylation sites (N-methyl/N-ethyl adjacent to an activating group) is 1. The zero-order valence-corrected chi connectivity index (χ0v) is 12.0. The molecule has 0 aliphatic heterocycles. The van der Waals surface area contributed by atoms with Crippen molar-refractivity contribution in [2.75, 3.05) is 7.05 Å². The number of carbonyl (C=O) groups excluding carboxylic acids is 2. The number of nitrogens with two attached hydrogens (primary N) is 1. The van der Waals surface area contributed by atoms with E-state index in [-0.39, 0.29) is 30.5 Å². The molecule has 0 heterocycles. The van der Waals surface area contributed by atoms with Gasteiger partial charge in [-0.1, -0.05) is 18.2 Å². The van der Waals surface area contributed by atoms with Crippen molar-refractivity contribution in [3.8, 4) is 0 Å². The molecule has 2 rings (SSSR count). The summed E-state index contributed by atoms with van der Waals surface area (Å²) in [5, 5.41) is 5.26. The monoisotopic (exact) mass is 293 g/mol. The zero-order chi connectivity index (χ0) is 15.5. The molecule has 1 atom stereocenters. The fraction of sp³-hybridized carbons (Fsp3) is 0.467. The van der Waals surface area contributed by atoms with Crippen LogP contribution in [0.2, 0.25) is 0 Å². The standard InChI is InChI=1S/C15H20FN3O2/c1-18-14(21)15(6-7-15)19-13(20)9-11(17)8-10-4-2-3-5-12(10)16/h2-5,11H,6-9,17H2,1H3,(H,18,21)(H,19,20)/t11-/m1/s1. The normalized spacial score (nSPS) is 16.9. The van der Waals surface area contributed by atoms with Crippen molar-refractivity contribution >= 4 is 11.8 Å². The van der Waals surface area contributed by atoms with Crippen molar-refractivity contribution in [2.45, 2.75) is 37.3 Å². The van der Waals surface area contributed by atoms with E-state index in [1.165, 1.54) is 6.07 Å². The van der Waals surface area contributed by atoms with Crippen molar-refractivity contribution in [1.29, 1.82) is 0 Å². The molecule has 1 aliphatic rings. The predicted octanol–water partition coefficient (Wildman–Crippen LogP) is 0.480. The first-order valence-corrected chi connectivity index (χ1v) is 6.99. The number of hydrogen-bond acceptors (Lipinski definition) is 3. The maximum absolute atomic E-state index is 13.5. The molecule has 1 saturated carbocycles. The summed E-state index contributed by atoms with van der Waals surface area (Å²) >= 11 is 0. The minimum absolute atomic E-state index is 0.0626. The van der Waals surface area contributed by atoms with Crippen LogP contribution >= 0.6 is 0 Å². The molecule has 0 aromatic heterocycles. The Balaban J connectivity index is 1.86. The first-order valence-electron chi connectivity index (χ1n) is 6.99. The topological polar surface area (TPSA) is 84.2 Å². The lowest BCUT2D eigenvalue weighted by Gasteiger charge is -2.18. The van der Waals surface area contributed by atoms with E-state index in [1.54, 1.807) is 25.2 Å². The number of hydrogen-bond donors (Lipinski definition) is 3. The molecule has 1 aromatic rings. The van der Waals surface area contributed by atoms with Gasteiger partial charge in [0.05, 0.1) is 0 Å². The molecule has 1 aliphatic carbocycles. The number of nitrogens with one attached hydrogen (secondary N) is 2. The van der Waals surface area contributed by atoms with E-state index >= 15 is 0 Å². The van der Waals surface area contributed by atoms with Gasteiger partial charge in [0.2, 0.25) is 11.8 Å². The van der Waals surface area contributed by atoms with Gasteiger partial charge >= 0.3 is 0 Å². The molecule has 21 heavy (non-hydrogen) atoms. The summed E-state index contributed by atoms with van der Waals surface area (Å²) in [5.41, 5.74) is 5.63. The predicted molar refractivity (Wildman–Crippen MR) is 76.9 cm³/mol. The van der Waals surface area contributed by atoms with E-state index in [4.69, 9.17) is 5.73 Å². The molecule has 4 N–H and O–H groups in total. The second-order valence-electron chi connectivity index (χ2n) is 5.47. The fourth-order valence-electron chi connectivity index (χ4n) is 2.35. The fourth-order valence-corrected chi connectivity index (χ4v) is 2.35. The number of carbonyl (C=O) groups is 2. The molecule has 0 bridgehead atoms. The Morgan fingerprint density at radius 3 is 2.62 bits per heavy atom. The van der Waals surface area contributed by atoms with Crippen LogP contribution in [0.3, 0.4) is 0 Å². The Labute approximate surface area is 123 Å². The van der Waals surface area contributed by atoms with Crippen molar-refractivity contribution in [3.05, 3.63) is 35.6 Å². The minimum atomic E-state index is -0.760. The van der Waals surface area contributed by atoms with E-state index in [0.29, 0.717) is 18.4 Å². The van der Waals surface area contributed by atoms with Crippen LogP contribution in [0.25, 0.3) is 0 Å². The third kappa shape index (κ3) is 3.78. The van der Waals surface area contributed by atoms with Crippen LogP contribution in [0, 0.1) is 5.82 Å². The highest BCUT2D eigenvalue weighted by atomic mass is 19.1. The van der Waals surface area contributed by atoms with Crippen molar-refractivity contribution in [3.63, 3.8) is 0 Å². The van der Waals surface area contributed by atoms with Gasteiger partial charge in [-0.05, 0) is 30.9 Å². The minimum Gasteiger partial charge on any atom is -0.357 e. The second-order valence-corrected chi connectivity index (χ2v) is 5.47. The molecule has 0 unspecified atom stereocenters. The van der Waals surface area contributed by atoms with Crippen LogP contribution < -0.4 is 16.4 Å². The lowest BCUT2D eigenvalue weighted by atomic mass is 10.0. The van der Waals surface area contributed by atoms with Gasteiger partial charge in [0.15, 0.2) is 0 Å². The number of benzene rings is 1. The average Bonchev–Trinajstić information content (AvgIpc) is 3.21. The van der Waals surface area contributed by atoms with Gasteiger partial charge in [-0.3, -0.25) is 9.59 Å². The van der Waals surface area contributed by atoms with E-state index in [1.807, 2.05) is 0 Å². The van der Waals surface area contributed by atoms with Crippen LogP contribution in [0.5, 0.6) is 0 Å². The van der Waals surface area contributed by atoms with Crippen LogP contribution in [0.15, 0.2) is 24.3 Å². The summed E-state index contributed by atoms with van der Waals surface area (Å²) in [6, 6.07) is 5.88. The Hall–Kier alpha value is -1.95. The van der Waals surface area contributed by atoms with E-state index < -0.39 is 11.6 Å². The number of amides is 2. The number of rotatable bonds is 6. The Morgan fingerprint density at radius 1 is 1.38 bits per heavy atom. The van der Waals surface area contributed by atoms with E-state index in [9.17, 15) is 14.0 Å². The average molecular weight is 293 g/mol. The van der Waals surface area contributed by atoms with Crippen molar-refractivity contribution in [2.24, 2.45) is 5.73 Å². The molecule has 0 radical (unpaired) electrons. The molecule has 5 nitrogen and oxygen atoms in total. The van der Waals surface area contributed by atoms with Gasteiger partial charge in [-0.15, -0.1) is 0 Å². The molecular formula is C15H20FN3O2. The highest BCUT2D eigenvalue weighted by molar-refractivity contribution is 5.94. The third-order valence-corrected chi connectivity index (χ3v) is 3.68. The van der Waals surface area contributed by atoms with Crippen molar-refractivity contribution in [1.82, 2.24) is 10.6 Å². The summed E-state index contributed by atoms with van der Waals surface area (Å²) in [6.07, 6.45) is 1.63. The molecule has 1 fully saturated rings. The highest BCUT2D eigenvalue weighted by Gasteiger charge is 2.50. The van der Waals surface area contributed by atoms with Crippen molar-refractivity contribution < 1.29 is 14.0 Å². The molecule has 2 amide bonds. The second kappa shape index (κ2) is 6.22. The zero-order valence-electron chi connectivity index (χ0n) is 12.0. The lowest BCUT2D eigenvalue weighted by molar-refractivity contribution is -0.129. The van der Waals surface area contributed by atoms with Crippen LogP contribution in [0.4, 0.5) is 4.39 Å². The maximum Gasteiger partial charge on any atom is 0.245 e. The van der Waals surface area contributed by atoms with Gasteiger partial charge in [-0.2, -0.15) is 0 Å². The first-order chi connectivity index (χ1) is 9.97. The van der Waals surface area contributed by atoms with Crippen LogP contribution in [-0.4, -0.2) is 30.4 Å². The molecule has 0 saturated heterocycles. The largest absolute Gasteiger partial charge is 0.357 e. The molecule has 6 heteroatoms. The molecule has 0 spiro atoms. The van der Waals surface area contributed by atoms with Crippen LogP contribution in [-0.2, 0) is 16.0 Å². The summed E-state index contributed by atoms with van der Waals surface area (Å²) < 4.78 is 13.5. The van der Waals surface area contributed by atoms with Gasteiger partial charge in [0, 0.05) is 19.5 Å². The molecule has 1 aromatic carbocycles. The van der Waals surface area contributed by atoms with Gasteiger partial charge in [0.25, 0.3) is 0 Å². The SMILES string of the molecule is CNC(=O)C1(NC(=O)C[C@H](N)Cc2ccccc2F)CC1. The first kappa shape index (κ1) is 15.4. The van der Waals surface area contributed by atoms with E-state index in [0.717, 1.165) is 0 Å². The third-order valence-electron chi connectivity index (χ3n) is 3.68.